The Morgan fingerprint density at radius 3 is 2.46 bits per heavy atom. The van der Waals surface area contributed by atoms with Gasteiger partial charge in [0.05, 0.1) is 4.91 Å². The van der Waals surface area contributed by atoms with Crippen LogP contribution >= 0.6 is 24.0 Å². The van der Waals surface area contributed by atoms with Crippen LogP contribution < -0.4 is 10.5 Å². The lowest BCUT2D eigenvalue weighted by molar-refractivity contribution is -0.124. The van der Waals surface area contributed by atoms with Crippen molar-refractivity contribution in [1.82, 2.24) is 9.47 Å². The summed E-state index contributed by atoms with van der Waals surface area (Å²) in [6.45, 7) is 8.50. The van der Waals surface area contributed by atoms with Gasteiger partial charge in [-0.05, 0) is 56.6 Å². The number of aromatic nitrogens is 1. The van der Waals surface area contributed by atoms with Crippen LogP contribution in [-0.4, -0.2) is 38.8 Å². The van der Waals surface area contributed by atoms with Crippen molar-refractivity contribution in [3.63, 3.8) is 0 Å². The first-order valence-corrected chi connectivity index (χ1v) is 14.3. The van der Waals surface area contributed by atoms with Crippen LogP contribution in [0.3, 0.4) is 0 Å². The average Bonchev–Trinajstić information content (AvgIpc) is 3.14. The summed E-state index contributed by atoms with van der Waals surface area (Å²) in [4.78, 5) is 31.7. The third-order valence-electron chi connectivity index (χ3n) is 7.70. The molecule has 2 aliphatic heterocycles. The summed E-state index contributed by atoms with van der Waals surface area (Å²) in [5.74, 6) is 1.47. The van der Waals surface area contributed by atoms with Gasteiger partial charge in [0.25, 0.3) is 11.5 Å². The summed E-state index contributed by atoms with van der Waals surface area (Å²) in [5, 5.41) is 9.88. The lowest BCUT2D eigenvalue weighted by Gasteiger charge is -2.35. The molecule has 1 aliphatic carbocycles. The zero-order valence-corrected chi connectivity index (χ0v) is 22.8. The number of hydrogen-bond donors (Lipinski definition) is 0. The van der Waals surface area contributed by atoms with Crippen molar-refractivity contribution in [3.05, 3.63) is 31.9 Å². The van der Waals surface area contributed by atoms with Gasteiger partial charge in [-0.1, -0.05) is 63.5 Å². The van der Waals surface area contributed by atoms with Crippen LogP contribution in [0.1, 0.15) is 88.3 Å². The maximum Gasteiger partial charge on any atom is 0.270 e. The molecule has 0 aromatic carbocycles. The molecule has 1 aromatic rings. The van der Waals surface area contributed by atoms with Crippen molar-refractivity contribution < 1.29 is 4.79 Å². The van der Waals surface area contributed by atoms with Gasteiger partial charge in [0, 0.05) is 31.2 Å². The maximum absolute atomic E-state index is 13.5. The molecule has 3 heterocycles. The fourth-order valence-corrected chi connectivity index (χ4v) is 6.88. The number of carbonyl (C=O) groups is 1. The first-order chi connectivity index (χ1) is 16.9. The second kappa shape index (κ2) is 11.3. The van der Waals surface area contributed by atoms with Gasteiger partial charge < -0.3 is 4.90 Å². The zero-order chi connectivity index (χ0) is 25.1. The largest absolute Gasteiger partial charge is 0.357 e. The van der Waals surface area contributed by atoms with Crippen LogP contribution in [-0.2, 0) is 11.3 Å². The van der Waals surface area contributed by atoms with E-state index in [-0.39, 0.29) is 23.1 Å². The summed E-state index contributed by atoms with van der Waals surface area (Å²) in [7, 11) is 0. The molecular formula is C27H36N4O2S2. The molecule has 188 valence electrons. The van der Waals surface area contributed by atoms with Gasteiger partial charge in [0.15, 0.2) is 0 Å². The van der Waals surface area contributed by atoms with Crippen LogP contribution in [0.15, 0.2) is 9.70 Å². The van der Waals surface area contributed by atoms with Gasteiger partial charge in [0.1, 0.15) is 21.8 Å². The summed E-state index contributed by atoms with van der Waals surface area (Å²) in [6, 6.07) is 2.33. The molecule has 6 nitrogen and oxygen atoms in total. The van der Waals surface area contributed by atoms with Crippen molar-refractivity contribution in [3.8, 4) is 6.07 Å². The molecule has 0 atom stereocenters. The standard InChI is InChI=1S/C27H36N4O2S2/c1-4-5-13-30-24(29-14-11-18(2)12-15-29)21(19(3)22(17-28)25(30)32)16-23-26(33)31(27(34)35-23)20-9-7-6-8-10-20/h16,18,20H,4-15H2,1-3H3. The van der Waals surface area contributed by atoms with Crippen LogP contribution in [0.2, 0.25) is 0 Å². The molecule has 1 saturated carbocycles. The molecule has 0 radical (unpaired) electrons. The Balaban J connectivity index is 1.83. The molecule has 3 aliphatic rings. The van der Waals surface area contributed by atoms with Crippen LogP contribution in [0.4, 0.5) is 5.82 Å². The lowest BCUT2D eigenvalue weighted by Crippen LogP contribution is -2.40. The van der Waals surface area contributed by atoms with E-state index < -0.39 is 0 Å². The van der Waals surface area contributed by atoms with Gasteiger partial charge in [-0.2, -0.15) is 5.26 Å². The third-order valence-corrected chi connectivity index (χ3v) is 9.03. The zero-order valence-electron chi connectivity index (χ0n) is 21.1. The monoisotopic (exact) mass is 512 g/mol. The topological polar surface area (TPSA) is 69.3 Å². The van der Waals surface area contributed by atoms with Gasteiger partial charge in [-0.25, -0.2) is 0 Å². The Hall–Kier alpha value is -2.11. The highest BCUT2D eigenvalue weighted by atomic mass is 32.2. The second-order valence-electron chi connectivity index (χ2n) is 10.2. The molecular weight excluding hydrogens is 476 g/mol. The smallest absolute Gasteiger partial charge is 0.270 e. The van der Waals surface area contributed by atoms with Crippen LogP contribution in [0.5, 0.6) is 0 Å². The number of nitrogens with zero attached hydrogens (tertiary/aromatic N) is 4. The molecule has 35 heavy (non-hydrogen) atoms. The lowest BCUT2D eigenvalue weighted by atomic mass is 9.94. The second-order valence-corrected chi connectivity index (χ2v) is 11.8. The normalized spacial score (nSPS) is 21.3. The van der Waals surface area contributed by atoms with Gasteiger partial charge in [0.2, 0.25) is 0 Å². The Bertz CT molecular complexity index is 1120. The summed E-state index contributed by atoms with van der Waals surface area (Å²) in [6.07, 6.45) is 11.3. The van der Waals surface area contributed by atoms with Crippen LogP contribution in [0, 0.1) is 24.2 Å². The highest BCUT2D eigenvalue weighted by molar-refractivity contribution is 8.26. The fraction of sp³-hybridized carbons (Fsp3) is 0.630. The number of nitriles is 1. The van der Waals surface area contributed by atoms with Crippen molar-refractivity contribution in [2.45, 2.75) is 91.1 Å². The molecule has 2 saturated heterocycles. The fourth-order valence-electron chi connectivity index (χ4n) is 5.49. The van der Waals surface area contributed by atoms with Crippen molar-refractivity contribution in [2.75, 3.05) is 18.0 Å². The molecule has 0 spiro atoms. The molecule has 1 aromatic heterocycles. The minimum atomic E-state index is -0.223. The van der Waals surface area contributed by atoms with Crippen molar-refractivity contribution >= 4 is 46.1 Å². The minimum absolute atomic E-state index is 0.0330. The van der Waals surface area contributed by atoms with E-state index in [1.807, 2.05) is 17.9 Å². The van der Waals surface area contributed by atoms with Crippen molar-refractivity contribution in [2.24, 2.45) is 5.92 Å². The number of pyridine rings is 1. The SMILES string of the molecule is CCCCn1c(N2CCC(C)CC2)c(C=C2SC(=S)N(C3CCCCC3)C2=O)c(C)c(C#N)c1=O. The maximum atomic E-state index is 13.5. The van der Waals surface area contributed by atoms with E-state index in [1.54, 1.807) is 4.57 Å². The Labute approximate surface area is 218 Å². The van der Waals surface area contributed by atoms with E-state index in [4.69, 9.17) is 12.2 Å². The molecule has 0 bridgehead atoms. The average molecular weight is 513 g/mol. The first-order valence-electron chi connectivity index (χ1n) is 13.1. The Morgan fingerprint density at radius 1 is 1.14 bits per heavy atom. The molecule has 0 N–H and O–H groups in total. The number of thiocarbonyl (C=S) groups is 1. The highest BCUT2D eigenvalue weighted by Crippen LogP contribution is 2.39. The number of rotatable bonds is 6. The molecule has 3 fully saturated rings. The number of piperidine rings is 1. The number of unbranched alkanes of at least 4 members (excludes halogenated alkanes) is 1. The minimum Gasteiger partial charge on any atom is -0.357 e. The number of thioether (sulfide) groups is 1. The van der Waals surface area contributed by atoms with Gasteiger partial charge >= 0.3 is 0 Å². The predicted octanol–water partition coefficient (Wildman–Crippen LogP) is 5.60. The summed E-state index contributed by atoms with van der Waals surface area (Å²) < 4.78 is 2.41. The molecule has 4 rings (SSSR count). The van der Waals surface area contributed by atoms with Crippen LogP contribution in [0.25, 0.3) is 6.08 Å². The van der Waals surface area contributed by atoms with E-state index in [0.29, 0.717) is 27.3 Å². The van der Waals surface area contributed by atoms with Crippen molar-refractivity contribution in [1.29, 1.82) is 5.26 Å². The number of amides is 1. The predicted molar refractivity (Wildman–Crippen MR) is 148 cm³/mol. The Morgan fingerprint density at radius 2 is 1.83 bits per heavy atom. The highest BCUT2D eigenvalue weighted by Gasteiger charge is 2.38. The quantitative estimate of drug-likeness (QED) is 0.365. The number of anilines is 1. The number of carbonyl (C=O) groups excluding carboxylic acids is 1. The van der Waals surface area contributed by atoms with E-state index in [9.17, 15) is 14.9 Å². The summed E-state index contributed by atoms with van der Waals surface area (Å²) in [5.41, 5.74) is 1.42. The van der Waals surface area contributed by atoms with E-state index in [2.05, 4.69) is 24.8 Å². The third kappa shape index (κ3) is 5.22. The number of hydrogen-bond acceptors (Lipinski definition) is 6. The molecule has 0 unspecified atom stereocenters. The summed E-state index contributed by atoms with van der Waals surface area (Å²) >= 11 is 7.01. The van der Waals surface area contributed by atoms with Gasteiger partial charge in [-0.3, -0.25) is 19.1 Å². The van der Waals surface area contributed by atoms with E-state index in [1.165, 1.54) is 18.2 Å². The van der Waals surface area contributed by atoms with E-state index >= 15 is 0 Å². The molecule has 8 heteroatoms. The first kappa shape index (κ1) is 26.0. The molecule has 1 amide bonds. The van der Waals surface area contributed by atoms with E-state index in [0.717, 1.165) is 75.8 Å². The van der Waals surface area contributed by atoms with Gasteiger partial charge in [-0.15, -0.1) is 0 Å². The Kier molecular flexibility index (Phi) is 8.38.